The molecule has 1 fully saturated rings. The number of amides is 2. The Balaban J connectivity index is 1.57. The first kappa shape index (κ1) is 16.5. The molecule has 1 aliphatic carbocycles. The molecule has 3 N–H and O–H groups in total. The average molecular weight is 328 g/mol. The maximum atomic E-state index is 13.8. The van der Waals surface area contributed by atoms with Crippen LogP contribution in [0, 0.1) is 5.82 Å². The first-order chi connectivity index (χ1) is 11.7. The summed E-state index contributed by atoms with van der Waals surface area (Å²) in [6.07, 6.45) is 1.18. The van der Waals surface area contributed by atoms with E-state index in [1.165, 1.54) is 6.07 Å². The quantitative estimate of drug-likeness (QED) is 0.763. The molecule has 2 unspecified atom stereocenters. The van der Waals surface area contributed by atoms with Crippen LogP contribution >= 0.6 is 0 Å². The number of carbonyl (C=O) groups is 1. The topological polar surface area (TPSA) is 61.4 Å². The molecule has 0 radical (unpaired) electrons. The van der Waals surface area contributed by atoms with E-state index in [-0.39, 0.29) is 36.5 Å². The lowest BCUT2D eigenvalue weighted by Crippen LogP contribution is -2.39. The molecule has 0 spiro atoms. The summed E-state index contributed by atoms with van der Waals surface area (Å²) in [6.45, 7) is -0.0128. The van der Waals surface area contributed by atoms with E-state index < -0.39 is 0 Å². The summed E-state index contributed by atoms with van der Waals surface area (Å²) in [5.41, 5.74) is 1.60. The molecule has 3 rings (SSSR count). The van der Waals surface area contributed by atoms with Gasteiger partial charge in [0.15, 0.2) is 0 Å². The van der Waals surface area contributed by atoms with E-state index in [0.717, 1.165) is 12.0 Å². The molecule has 1 aliphatic rings. The van der Waals surface area contributed by atoms with Gasteiger partial charge in [-0.05, 0) is 30.0 Å². The molecule has 4 nitrogen and oxygen atoms in total. The van der Waals surface area contributed by atoms with Crippen LogP contribution < -0.4 is 10.6 Å². The van der Waals surface area contributed by atoms with Gasteiger partial charge in [0.1, 0.15) is 5.82 Å². The Bertz CT molecular complexity index is 693. The van der Waals surface area contributed by atoms with Gasteiger partial charge in [-0.2, -0.15) is 0 Å². The fourth-order valence-corrected chi connectivity index (χ4v) is 2.98. The predicted molar refractivity (Wildman–Crippen MR) is 90.1 cm³/mol. The number of aliphatic hydroxyl groups excluding tert-OH is 1. The van der Waals surface area contributed by atoms with Crippen molar-refractivity contribution in [2.75, 3.05) is 6.61 Å². The maximum Gasteiger partial charge on any atom is 0.315 e. The Morgan fingerprint density at radius 1 is 1.17 bits per heavy atom. The zero-order valence-corrected chi connectivity index (χ0v) is 13.3. The van der Waals surface area contributed by atoms with Gasteiger partial charge < -0.3 is 15.7 Å². The van der Waals surface area contributed by atoms with Crippen LogP contribution in [0.2, 0.25) is 0 Å². The number of halogens is 1. The lowest BCUT2D eigenvalue weighted by Gasteiger charge is -2.18. The van der Waals surface area contributed by atoms with Crippen LogP contribution in [0.15, 0.2) is 54.6 Å². The number of aliphatic hydroxyl groups is 1. The second-order valence-corrected chi connectivity index (χ2v) is 6.06. The van der Waals surface area contributed by atoms with Gasteiger partial charge in [0.05, 0.1) is 6.04 Å². The van der Waals surface area contributed by atoms with Crippen molar-refractivity contribution < 1.29 is 14.3 Å². The number of nitrogens with one attached hydrogen (secondary N) is 2. The monoisotopic (exact) mass is 328 g/mol. The molecular weight excluding hydrogens is 307 g/mol. The summed E-state index contributed by atoms with van der Waals surface area (Å²) < 4.78 is 13.8. The average Bonchev–Trinajstić information content (AvgIpc) is 3.34. The van der Waals surface area contributed by atoms with Gasteiger partial charge in [-0.25, -0.2) is 9.18 Å². The molecule has 2 aromatic carbocycles. The third kappa shape index (κ3) is 3.92. The molecule has 2 aromatic rings. The molecule has 0 saturated heterocycles. The molecule has 0 bridgehead atoms. The van der Waals surface area contributed by atoms with Crippen molar-refractivity contribution in [3.63, 3.8) is 0 Å². The van der Waals surface area contributed by atoms with Crippen molar-refractivity contribution in [3.8, 4) is 0 Å². The molecule has 1 saturated carbocycles. The fourth-order valence-electron chi connectivity index (χ4n) is 2.98. The summed E-state index contributed by atoms with van der Waals surface area (Å²) in [7, 11) is 0. The third-order valence-corrected chi connectivity index (χ3v) is 4.34. The molecule has 0 aromatic heterocycles. The van der Waals surface area contributed by atoms with Crippen molar-refractivity contribution in [2.45, 2.75) is 30.8 Å². The van der Waals surface area contributed by atoms with E-state index in [1.807, 2.05) is 30.3 Å². The number of urea groups is 1. The van der Waals surface area contributed by atoms with Crippen molar-refractivity contribution in [1.82, 2.24) is 10.6 Å². The number of carbonyl (C=O) groups excluding carboxylic acids is 1. The Labute approximate surface area is 140 Å². The summed E-state index contributed by atoms with van der Waals surface area (Å²) in [4.78, 5) is 12.2. The van der Waals surface area contributed by atoms with Crippen molar-refractivity contribution >= 4 is 6.03 Å². The van der Waals surface area contributed by atoms with Gasteiger partial charge >= 0.3 is 6.03 Å². The van der Waals surface area contributed by atoms with E-state index >= 15 is 0 Å². The van der Waals surface area contributed by atoms with Crippen LogP contribution in [0.25, 0.3) is 0 Å². The smallest absolute Gasteiger partial charge is 0.315 e. The Morgan fingerprint density at radius 2 is 1.88 bits per heavy atom. The number of hydrogen-bond donors (Lipinski definition) is 3. The molecule has 126 valence electrons. The maximum absolute atomic E-state index is 13.8. The van der Waals surface area contributed by atoms with Crippen molar-refractivity contribution in [1.29, 1.82) is 0 Å². The lowest BCUT2D eigenvalue weighted by molar-refractivity contribution is 0.228. The summed E-state index contributed by atoms with van der Waals surface area (Å²) in [5.74, 6) is -0.195. The number of benzene rings is 2. The van der Waals surface area contributed by atoms with Crippen LogP contribution in [0.3, 0.4) is 0 Å². The highest BCUT2D eigenvalue weighted by atomic mass is 19.1. The first-order valence-corrected chi connectivity index (χ1v) is 8.16. The van der Waals surface area contributed by atoms with Crippen LogP contribution in [0.4, 0.5) is 9.18 Å². The number of rotatable bonds is 6. The van der Waals surface area contributed by atoms with E-state index in [4.69, 9.17) is 0 Å². The minimum atomic E-state index is -0.291. The summed E-state index contributed by atoms with van der Waals surface area (Å²) >= 11 is 0. The lowest BCUT2D eigenvalue weighted by atomic mass is 10.0. The minimum Gasteiger partial charge on any atom is -0.396 e. The van der Waals surface area contributed by atoms with Crippen LogP contribution in [0.1, 0.15) is 35.9 Å². The van der Waals surface area contributed by atoms with Crippen LogP contribution in [-0.4, -0.2) is 23.8 Å². The summed E-state index contributed by atoms with van der Waals surface area (Å²) in [5, 5.41) is 15.0. The predicted octanol–water partition coefficient (Wildman–Crippen LogP) is 3.10. The Morgan fingerprint density at radius 3 is 2.58 bits per heavy atom. The van der Waals surface area contributed by atoms with E-state index in [0.29, 0.717) is 12.0 Å². The van der Waals surface area contributed by atoms with E-state index in [2.05, 4.69) is 10.6 Å². The van der Waals surface area contributed by atoms with E-state index in [1.54, 1.807) is 18.2 Å². The Hall–Kier alpha value is -2.40. The first-order valence-electron chi connectivity index (χ1n) is 8.16. The van der Waals surface area contributed by atoms with Gasteiger partial charge in [0.25, 0.3) is 0 Å². The fraction of sp³-hybridized carbons (Fsp3) is 0.316. The zero-order chi connectivity index (χ0) is 16.9. The van der Waals surface area contributed by atoms with Crippen molar-refractivity contribution in [2.24, 2.45) is 0 Å². The second-order valence-electron chi connectivity index (χ2n) is 6.06. The van der Waals surface area contributed by atoms with Crippen LogP contribution in [-0.2, 0) is 0 Å². The van der Waals surface area contributed by atoms with E-state index in [9.17, 15) is 14.3 Å². The van der Waals surface area contributed by atoms with Gasteiger partial charge in [0, 0.05) is 18.6 Å². The van der Waals surface area contributed by atoms with Crippen LogP contribution in [0.5, 0.6) is 0 Å². The highest BCUT2D eigenvalue weighted by Crippen LogP contribution is 2.41. The largest absolute Gasteiger partial charge is 0.396 e. The zero-order valence-electron chi connectivity index (χ0n) is 13.3. The second kappa shape index (κ2) is 7.45. The third-order valence-electron chi connectivity index (χ3n) is 4.34. The van der Waals surface area contributed by atoms with Gasteiger partial charge in [-0.3, -0.25) is 0 Å². The molecule has 24 heavy (non-hydrogen) atoms. The highest BCUT2D eigenvalue weighted by molar-refractivity contribution is 5.75. The molecule has 0 aliphatic heterocycles. The molecule has 0 heterocycles. The SMILES string of the molecule is O=C(NC1CC1c1ccccc1F)N[C@H](CCO)c1ccccc1. The van der Waals surface area contributed by atoms with Gasteiger partial charge in [0.2, 0.25) is 0 Å². The van der Waals surface area contributed by atoms with Gasteiger partial charge in [-0.15, -0.1) is 0 Å². The standard InChI is InChI=1S/C19H21FN2O2/c20-16-9-5-4-8-14(16)15-12-18(15)22-19(24)21-17(10-11-23)13-6-2-1-3-7-13/h1-9,15,17-18,23H,10-12H2,(H2,21,22,24)/t15?,17-,18?/m1/s1. The number of hydrogen-bond acceptors (Lipinski definition) is 2. The summed E-state index contributed by atoms with van der Waals surface area (Å²) in [6, 6.07) is 15.6. The molecule has 2 amide bonds. The minimum absolute atomic E-state index is 0.0128. The van der Waals surface area contributed by atoms with Crippen molar-refractivity contribution in [3.05, 3.63) is 71.5 Å². The highest BCUT2D eigenvalue weighted by Gasteiger charge is 2.41. The molecule has 5 heteroatoms. The normalized spacial score (nSPS) is 20.2. The molecule has 3 atom stereocenters. The van der Waals surface area contributed by atoms with Gasteiger partial charge in [-0.1, -0.05) is 48.5 Å². The Kier molecular flexibility index (Phi) is 5.11. The molecular formula is C19H21FN2O2.